The molecule has 0 bridgehead atoms. The number of likely N-dealkylation sites (tertiary alicyclic amines) is 1. The lowest BCUT2D eigenvalue weighted by Crippen LogP contribution is -2.39. The Labute approximate surface area is 201 Å². The van der Waals surface area contributed by atoms with E-state index in [1.54, 1.807) is 0 Å². The molecular weight excluding hydrogens is 513 g/mol. The first-order valence-electron chi connectivity index (χ1n) is 10.9. The van der Waals surface area contributed by atoms with E-state index in [0.717, 1.165) is 26.1 Å². The Morgan fingerprint density at radius 2 is 1.90 bits per heavy atom. The molecule has 1 aromatic rings. The van der Waals surface area contributed by atoms with Gasteiger partial charge in [-0.3, -0.25) is 15.1 Å². The Balaban J connectivity index is 0.00000480. The molecule has 0 spiro atoms. The second-order valence-corrected chi connectivity index (χ2v) is 7.47. The average Bonchev–Trinajstić information content (AvgIpc) is 3.02. The Morgan fingerprint density at radius 3 is 2.52 bits per heavy atom. The molecule has 1 heterocycles. The highest BCUT2D eigenvalue weighted by Gasteiger charge is 2.10. The van der Waals surface area contributed by atoms with E-state index < -0.39 is 11.0 Å². The van der Waals surface area contributed by atoms with Crippen LogP contribution in [-0.2, 0) is 0 Å². The van der Waals surface area contributed by atoms with Crippen molar-refractivity contribution < 1.29 is 14.8 Å². The maximum Gasteiger partial charge on any atom is 0.269 e. The van der Waals surface area contributed by atoms with Crippen LogP contribution in [0.25, 0.3) is 0 Å². The predicted molar refractivity (Wildman–Crippen MR) is 134 cm³/mol. The zero-order chi connectivity index (χ0) is 21.6. The fraction of sp³-hybridized carbons (Fsp3) is 0.667. The van der Waals surface area contributed by atoms with Crippen molar-refractivity contribution in [3.63, 3.8) is 0 Å². The van der Waals surface area contributed by atoms with Gasteiger partial charge in [-0.1, -0.05) is 12.8 Å². The molecule has 0 amide bonds. The van der Waals surface area contributed by atoms with Gasteiger partial charge in [-0.05, 0) is 58.0 Å². The number of aliphatic imine (C=N–C) groups is 1. The molecule has 1 saturated heterocycles. The summed E-state index contributed by atoms with van der Waals surface area (Å²) in [5.41, 5.74) is 0.00435. The van der Waals surface area contributed by atoms with E-state index in [0.29, 0.717) is 11.7 Å². The van der Waals surface area contributed by atoms with Crippen molar-refractivity contribution in [1.29, 1.82) is 0 Å². The molecule has 9 nitrogen and oxygen atoms in total. The Morgan fingerprint density at radius 1 is 1.23 bits per heavy atom. The third-order valence-electron chi connectivity index (χ3n) is 4.94. The average molecular weight is 549 g/mol. The topological polar surface area (TPSA) is 112 Å². The van der Waals surface area contributed by atoms with E-state index in [1.807, 2.05) is 6.92 Å². The summed E-state index contributed by atoms with van der Waals surface area (Å²) in [5.74, 6) is 1.16. The van der Waals surface area contributed by atoms with Gasteiger partial charge in [-0.25, -0.2) is 0 Å². The molecule has 2 rings (SSSR count). The van der Waals surface area contributed by atoms with Crippen LogP contribution in [0.15, 0.2) is 29.3 Å². The Kier molecular flexibility index (Phi) is 14.2. The van der Waals surface area contributed by atoms with E-state index in [2.05, 4.69) is 20.5 Å². The number of hydrogen-bond acceptors (Lipinski definition) is 6. The Hall–Kier alpha value is -1.66. The minimum absolute atomic E-state index is 0. The number of guanidine groups is 1. The quantitative estimate of drug-likeness (QED) is 0.0972. The number of aliphatic hydroxyl groups excluding tert-OH is 1. The van der Waals surface area contributed by atoms with Crippen molar-refractivity contribution in [2.24, 2.45) is 4.99 Å². The van der Waals surface area contributed by atoms with Crippen molar-refractivity contribution in [2.75, 3.05) is 45.9 Å². The summed E-state index contributed by atoms with van der Waals surface area (Å²) in [6.45, 7) is 7.35. The highest BCUT2D eigenvalue weighted by atomic mass is 127. The highest BCUT2D eigenvalue weighted by Crippen LogP contribution is 2.17. The number of nitrogens with zero attached hydrogens (tertiary/aromatic N) is 3. The number of nitrogens with one attached hydrogen (secondary N) is 2. The lowest BCUT2D eigenvalue weighted by Gasteiger charge is -2.20. The van der Waals surface area contributed by atoms with E-state index in [1.165, 1.54) is 63.0 Å². The normalized spacial score (nSPS) is 16.0. The maximum atomic E-state index is 10.7. The zero-order valence-corrected chi connectivity index (χ0v) is 20.6. The first-order valence-corrected chi connectivity index (χ1v) is 10.9. The molecule has 1 atom stereocenters. The van der Waals surface area contributed by atoms with Crippen molar-refractivity contribution in [3.05, 3.63) is 34.4 Å². The van der Waals surface area contributed by atoms with E-state index >= 15 is 0 Å². The largest absolute Gasteiger partial charge is 0.491 e. The molecule has 176 valence electrons. The first kappa shape index (κ1) is 27.4. The number of aliphatic hydroxyl groups is 1. The van der Waals surface area contributed by atoms with Gasteiger partial charge in [0.15, 0.2) is 5.96 Å². The second kappa shape index (κ2) is 16.0. The molecule has 1 aliphatic heterocycles. The van der Waals surface area contributed by atoms with Gasteiger partial charge >= 0.3 is 0 Å². The summed E-state index contributed by atoms with van der Waals surface area (Å²) in [6, 6.07) is 5.78. The third-order valence-corrected chi connectivity index (χ3v) is 4.94. The molecule has 1 unspecified atom stereocenters. The number of benzene rings is 1. The van der Waals surface area contributed by atoms with Gasteiger partial charge in [-0.15, -0.1) is 24.0 Å². The SMILES string of the molecule is CCNC(=NCC(O)COc1ccc([N+](=O)[O-])cc1)NCCCN1CCCCCC1.I. The fourth-order valence-corrected chi connectivity index (χ4v) is 3.32. The van der Waals surface area contributed by atoms with Gasteiger partial charge in [0.2, 0.25) is 0 Å². The lowest BCUT2D eigenvalue weighted by atomic mass is 10.2. The molecule has 0 aromatic heterocycles. The third kappa shape index (κ3) is 11.5. The van der Waals surface area contributed by atoms with Gasteiger partial charge in [0, 0.05) is 25.2 Å². The minimum Gasteiger partial charge on any atom is -0.491 e. The molecule has 31 heavy (non-hydrogen) atoms. The molecule has 1 fully saturated rings. The summed E-state index contributed by atoms with van der Waals surface area (Å²) in [7, 11) is 0. The number of non-ortho nitro benzene ring substituents is 1. The standard InChI is InChI=1S/C21H35N5O4.HI/c1-2-22-21(23-12-7-15-25-13-5-3-4-6-14-25)24-16-19(27)17-30-20-10-8-18(9-11-20)26(28)29;/h8-11,19,27H,2-7,12-17H2,1H3,(H2,22,23,24);1H. The molecule has 10 heteroatoms. The lowest BCUT2D eigenvalue weighted by molar-refractivity contribution is -0.384. The van der Waals surface area contributed by atoms with Gasteiger partial charge < -0.3 is 25.4 Å². The maximum absolute atomic E-state index is 10.7. The smallest absolute Gasteiger partial charge is 0.269 e. The number of hydrogen-bond donors (Lipinski definition) is 3. The van der Waals surface area contributed by atoms with Gasteiger partial charge in [0.25, 0.3) is 5.69 Å². The van der Waals surface area contributed by atoms with Crippen molar-refractivity contribution in [1.82, 2.24) is 15.5 Å². The van der Waals surface area contributed by atoms with Gasteiger partial charge in [0.1, 0.15) is 18.5 Å². The van der Waals surface area contributed by atoms with Crippen LogP contribution >= 0.6 is 24.0 Å². The molecule has 1 aliphatic rings. The molecule has 0 aliphatic carbocycles. The van der Waals surface area contributed by atoms with Crippen LogP contribution in [0.2, 0.25) is 0 Å². The second-order valence-electron chi connectivity index (χ2n) is 7.47. The summed E-state index contributed by atoms with van der Waals surface area (Å²) in [6.07, 6.45) is 5.59. The number of ether oxygens (including phenoxy) is 1. The monoisotopic (exact) mass is 549 g/mol. The number of nitro benzene ring substituents is 1. The molecular formula is C21H36IN5O4. The van der Waals surface area contributed by atoms with Crippen LogP contribution in [0.1, 0.15) is 39.0 Å². The number of halogens is 1. The zero-order valence-electron chi connectivity index (χ0n) is 18.3. The van der Waals surface area contributed by atoms with Crippen LogP contribution in [0.3, 0.4) is 0 Å². The summed E-state index contributed by atoms with van der Waals surface area (Å²) >= 11 is 0. The summed E-state index contributed by atoms with van der Waals surface area (Å²) in [5, 5.41) is 27.3. The van der Waals surface area contributed by atoms with Crippen LogP contribution in [0, 0.1) is 10.1 Å². The highest BCUT2D eigenvalue weighted by molar-refractivity contribution is 14.0. The van der Waals surface area contributed by atoms with E-state index in [9.17, 15) is 15.2 Å². The van der Waals surface area contributed by atoms with E-state index in [-0.39, 0.29) is 42.8 Å². The number of rotatable bonds is 11. The van der Waals surface area contributed by atoms with Gasteiger partial charge in [0.05, 0.1) is 11.5 Å². The molecule has 0 radical (unpaired) electrons. The number of nitro groups is 1. The van der Waals surface area contributed by atoms with Gasteiger partial charge in [-0.2, -0.15) is 0 Å². The van der Waals surface area contributed by atoms with Crippen LogP contribution in [-0.4, -0.2) is 72.9 Å². The Bertz CT molecular complexity index is 652. The minimum atomic E-state index is -0.771. The van der Waals surface area contributed by atoms with Crippen molar-refractivity contribution in [3.8, 4) is 5.75 Å². The van der Waals surface area contributed by atoms with Crippen molar-refractivity contribution >= 4 is 35.6 Å². The van der Waals surface area contributed by atoms with Crippen molar-refractivity contribution in [2.45, 2.75) is 45.1 Å². The van der Waals surface area contributed by atoms with Crippen LogP contribution < -0.4 is 15.4 Å². The van der Waals surface area contributed by atoms with E-state index in [4.69, 9.17) is 4.74 Å². The molecule has 3 N–H and O–H groups in total. The van der Waals surface area contributed by atoms with Crippen LogP contribution in [0.4, 0.5) is 5.69 Å². The molecule has 0 saturated carbocycles. The predicted octanol–water partition coefficient (Wildman–Crippen LogP) is 2.77. The summed E-state index contributed by atoms with van der Waals surface area (Å²) < 4.78 is 5.48. The first-order chi connectivity index (χ1) is 14.6. The summed E-state index contributed by atoms with van der Waals surface area (Å²) in [4.78, 5) is 17.2. The van der Waals surface area contributed by atoms with Crippen LogP contribution in [0.5, 0.6) is 5.75 Å². The fourth-order valence-electron chi connectivity index (χ4n) is 3.32. The molecule has 1 aromatic carbocycles.